The molecule has 0 aliphatic heterocycles. The quantitative estimate of drug-likeness (QED) is 0.380. The first-order chi connectivity index (χ1) is 9.58. The Hall–Kier alpha value is -0.800. The lowest BCUT2D eigenvalue weighted by molar-refractivity contribution is 0.0903. The molecule has 0 radical (unpaired) electrons. The van der Waals surface area contributed by atoms with Gasteiger partial charge in [-0.2, -0.15) is 0 Å². The molecule has 0 atom stereocenters. The van der Waals surface area contributed by atoms with Crippen LogP contribution in [0, 0.1) is 0 Å². The first-order valence-electron chi connectivity index (χ1n) is 7.49. The Morgan fingerprint density at radius 2 is 1.85 bits per heavy atom. The van der Waals surface area contributed by atoms with Crippen molar-refractivity contribution < 1.29 is 4.79 Å². The molecule has 112 valence electrons. The fraction of sp³-hybridized carbons (Fsp3) is 0.588. The fourth-order valence-corrected chi connectivity index (χ4v) is 2.55. The topological polar surface area (TPSA) is 20.3 Å². The van der Waals surface area contributed by atoms with Crippen molar-refractivity contribution in [3.05, 3.63) is 29.8 Å². The molecule has 0 N–H and O–H groups in total. The first kappa shape index (κ1) is 17.3. The second-order valence-corrected chi connectivity index (χ2v) is 6.30. The predicted octanol–water partition coefficient (Wildman–Crippen LogP) is 4.49. The number of carbonyl (C=O) groups excluding carboxylic acids is 1. The van der Waals surface area contributed by atoms with Crippen molar-refractivity contribution in [2.24, 2.45) is 0 Å². The van der Waals surface area contributed by atoms with E-state index in [0.717, 1.165) is 12.1 Å². The van der Waals surface area contributed by atoms with Gasteiger partial charge in [-0.3, -0.25) is 9.69 Å². The van der Waals surface area contributed by atoms with Crippen LogP contribution < -0.4 is 0 Å². The van der Waals surface area contributed by atoms with Gasteiger partial charge in [-0.05, 0) is 45.2 Å². The van der Waals surface area contributed by atoms with Crippen LogP contribution in [0.2, 0.25) is 0 Å². The summed E-state index contributed by atoms with van der Waals surface area (Å²) in [5, 5.41) is 0. The van der Waals surface area contributed by atoms with Crippen molar-refractivity contribution in [3.8, 4) is 0 Å². The molecule has 0 spiro atoms. The summed E-state index contributed by atoms with van der Waals surface area (Å²) in [4.78, 5) is 15.8. The highest BCUT2D eigenvalue weighted by molar-refractivity contribution is 7.98. The highest BCUT2D eigenvalue weighted by Gasteiger charge is 2.14. The van der Waals surface area contributed by atoms with Crippen molar-refractivity contribution in [3.63, 3.8) is 0 Å². The standard InChI is InChI=1S/C17H27NOS/c1-5-6-7-12-18(14(2)3)13-17(19)15-8-10-16(20-4)11-9-15/h8-11,14H,5-7,12-13H2,1-4H3. The van der Waals surface area contributed by atoms with E-state index in [2.05, 4.69) is 25.7 Å². The molecule has 20 heavy (non-hydrogen) atoms. The summed E-state index contributed by atoms with van der Waals surface area (Å²) >= 11 is 1.70. The van der Waals surface area contributed by atoms with Gasteiger partial charge in [0.15, 0.2) is 5.78 Å². The van der Waals surface area contributed by atoms with Gasteiger partial charge in [0.05, 0.1) is 6.54 Å². The Bertz CT molecular complexity index is 400. The van der Waals surface area contributed by atoms with Gasteiger partial charge in [0.2, 0.25) is 0 Å². The average molecular weight is 293 g/mol. The molecule has 0 amide bonds. The molecule has 0 unspecified atom stereocenters. The first-order valence-corrected chi connectivity index (χ1v) is 8.72. The Labute approximate surface area is 127 Å². The second kappa shape index (κ2) is 9.19. The van der Waals surface area contributed by atoms with E-state index in [1.807, 2.05) is 30.5 Å². The smallest absolute Gasteiger partial charge is 0.176 e. The normalized spacial score (nSPS) is 11.3. The Balaban J connectivity index is 2.59. The average Bonchev–Trinajstić information content (AvgIpc) is 2.46. The van der Waals surface area contributed by atoms with Crippen LogP contribution in [0.25, 0.3) is 0 Å². The number of benzene rings is 1. The summed E-state index contributed by atoms with van der Waals surface area (Å²) in [6.45, 7) is 8.07. The van der Waals surface area contributed by atoms with Crippen molar-refractivity contribution in [2.45, 2.75) is 51.0 Å². The van der Waals surface area contributed by atoms with Gasteiger partial charge in [-0.25, -0.2) is 0 Å². The van der Waals surface area contributed by atoms with Crippen molar-refractivity contribution in [1.82, 2.24) is 4.90 Å². The van der Waals surface area contributed by atoms with Crippen LogP contribution in [0.4, 0.5) is 0 Å². The van der Waals surface area contributed by atoms with E-state index in [9.17, 15) is 4.79 Å². The molecule has 1 aromatic carbocycles. The minimum absolute atomic E-state index is 0.225. The largest absolute Gasteiger partial charge is 0.293 e. The van der Waals surface area contributed by atoms with Gasteiger partial charge in [0.1, 0.15) is 0 Å². The molecule has 1 rings (SSSR count). The van der Waals surface area contributed by atoms with Gasteiger partial charge < -0.3 is 0 Å². The molecule has 0 saturated heterocycles. The van der Waals surface area contributed by atoms with Crippen molar-refractivity contribution in [2.75, 3.05) is 19.3 Å². The number of ketones is 1. The summed E-state index contributed by atoms with van der Waals surface area (Å²) in [7, 11) is 0. The number of carbonyl (C=O) groups is 1. The summed E-state index contributed by atoms with van der Waals surface area (Å²) in [6.07, 6.45) is 5.67. The number of hydrogen-bond donors (Lipinski definition) is 0. The predicted molar refractivity (Wildman–Crippen MR) is 88.8 cm³/mol. The molecular formula is C17H27NOS. The van der Waals surface area contributed by atoms with Crippen LogP contribution >= 0.6 is 11.8 Å². The van der Waals surface area contributed by atoms with Crippen LogP contribution in [-0.2, 0) is 0 Å². The summed E-state index contributed by atoms with van der Waals surface area (Å²) in [5.74, 6) is 0.225. The van der Waals surface area contributed by atoms with E-state index < -0.39 is 0 Å². The molecular weight excluding hydrogens is 266 g/mol. The zero-order chi connectivity index (χ0) is 15.0. The molecule has 1 aromatic rings. The highest BCUT2D eigenvalue weighted by Crippen LogP contribution is 2.15. The third kappa shape index (κ3) is 5.68. The lowest BCUT2D eigenvalue weighted by Gasteiger charge is -2.25. The summed E-state index contributed by atoms with van der Waals surface area (Å²) in [6, 6.07) is 8.35. The van der Waals surface area contributed by atoms with Gasteiger partial charge in [-0.1, -0.05) is 31.9 Å². The van der Waals surface area contributed by atoms with Gasteiger partial charge in [0, 0.05) is 16.5 Å². The van der Waals surface area contributed by atoms with Crippen LogP contribution in [-0.4, -0.2) is 36.1 Å². The second-order valence-electron chi connectivity index (χ2n) is 5.42. The fourth-order valence-electron chi connectivity index (χ4n) is 2.14. The van der Waals surface area contributed by atoms with Crippen LogP contribution in [0.1, 0.15) is 50.4 Å². The van der Waals surface area contributed by atoms with Gasteiger partial charge in [-0.15, -0.1) is 11.8 Å². The summed E-state index contributed by atoms with van der Waals surface area (Å²) in [5.41, 5.74) is 0.823. The molecule has 0 aromatic heterocycles. The highest BCUT2D eigenvalue weighted by atomic mass is 32.2. The number of rotatable bonds is 9. The number of nitrogens with zero attached hydrogens (tertiary/aromatic N) is 1. The zero-order valence-electron chi connectivity index (χ0n) is 13.2. The van der Waals surface area contributed by atoms with E-state index >= 15 is 0 Å². The van der Waals surface area contributed by atoms with Crippen molar-refractivity contribution >= 4 is 17.5 Å². The van der Waals surface area contributed by atoms with E-state index in [1.54, 1.807) is 11.8 Å². The molecule has 0 aliphatic rings. The van der Waals surface area contributed by atoms with Gasteiger partial charge in [0.25, 0.3) is 0 Å². The zero-order valence-corrected chi connectivity index (χ0v) is 14.0. The molecule has 2 nitrogen and oxygen atoms in total. The number of unbranched alkanes of at least 4 members (excludes halogenated alkanes) is 2. The molecule has 0 aliphatic carbocycles. The minimum Gasteiger partial charge on any atom is -0.293 e. The number of Topliss-reactive ketones (excluding diaryl/α,β-unsaturated/α-hetero) is 1. The maximum Gasteiger partial charge on any atom is 0.176 e. The monoisotopic (exact) mass is 293 g/mol. The lowest BCUT2D eigenvalue weighted by Crippen LogP contribution is -2.36. The lowest BCUT2D eigenvalue weighted by atomic mass is 10.1. The summed E-state index contributed by atoms with van der Waals surface area (Å²) < 4.78 is 0. The Morgan fingerprint density at radius 3 is 2.35 bits per heavy atom. The molecule has 0 saturated carbocycles. The van der Waals surface area contributed by atoms with Crippen LogP contribution in [0.5, 0.6) is 0 Å². The van der Waals surface area contributed by atoms with Crippen LogP contribution in [0.15, 0.2) is 29.2 Å². The van der Waals surface area contributed by atoms with Crippen LogP contribution in [0.3, 0.4) is 0 Å². The van der Waals surface area contributed by atoms with E-state index in [4.69, 9.17) is 0 Å². The molecule has 0 heterocycles. The minimum atomic E-state index is 0.225. The third-order valence-electron chi connectivity index (χ3n) is 3.54. The van der Waals surface area contributed by atoms with E-state index in [-0.39, 0.29) is 5.78 Å². The molecule has 3 heteroatoms. The number of hydrogen-bond acceptors (Lipinski definition) is 3. The van der Waals surface area contributed by atoms with E-state index in [0.29, 0.717) is 12.6 Å². The Morgan fingerprint density at radius 1 is 1.20 bits per heavy atom. The Kier molecular flexibility index (Phi) is 7.93. The van der Waals surface area contributed by atoms with Gasteiger partial charge >= 0.3 is 0 Å². The molecule has 0 fully saturated rings. The third-order valence-corrected chi connectivity index (χ3v) is 4.28. The van der Waals surface area contributed by atoms with E-state index in [1.165, 1.54) is 24.2 Å². The SMILES string of the molecule is CCCCCN(CC(=O)c1ccc(SC)cc1)C(C)C. The molecule has 0 bridgehead atoms. The maximum absolute atomic E-state index is 12.3. The number of thioether (sulfide) groups is 1. The van der Waals surface area contributed by atoms with Crippen molar-refractivity contribution in [1.29, 1.82) is 0 Å². The maximum atomic E-state index is 12.3.